The topological polar surface area (TPSA) is 68.7 Å². The fourth-order valence-electron chi connectivity index (χ4n) is 4.64. The highest BCUT2D eigenvalue weighted by molar-refractivity contribution is 5.83. The predicted octanol–water partition coefficient (Wildman–Crippen LogP) is 3.43. The molecule has 35 heavy (non-hydrogen) atoms. The summed E-state index contributed by atoms with van der Waals surface area (Å²) in [6, 6.07) is 5.95. The molecule has 2 aliphatic heterocycles. The molecule has 2 atom stereocenters. The highest BCUT2D eigenvalue weighted by Gasteiger charge is 2.29. The Morgan fingerprint density at radius 3 is 2.83 bits per heavy atom. The van der Waals surface area contributed by atoms with E-state index >= 15 is 0 Å². The Labute approximate surface area is 201 Å². The van der Waals surface area contributed by atoms with Crippen LogP contribution in [0, 0.1) is 11.6 Å². The molecule has 0 saturated carbocycles. The molecule has 1 fully saturated rings. The summed E-state index contributed by atoms with van der Waals surface area (Å²) in [6.07, 6.45) is 1.43. The average Bonchev–Trinajstić information content (AvgIpc) is 2.87. The highest BCUT2D eigenvalue weighted by Crippen LogP contribution is 2.30. The molecule has 0 unspecified atom stereocenters. The monoisotopic (exact) mass is 488 g/mol. The molecule has 0 bridgehead atoms. The standard InChI is InChI=1S/C25H27F3N4O3/c1-33-25-23(28)16(17-3-2-4-18(26)24(17)31-25)5-7-32-8-6-20(19(27)14-32)30-12-15-11-21-22(13-29-15)35-10-9-34-21/h2-4,11,13,19-20,30H,5-10,12,14H2,1H3/t19-,20+/m1/s1. The first-order chi connectivity index (χ1) is 17.0. The van der Waals surface area contributed by atoms with Gasteiger partial charge in [-0.3, -0.25) is 9.88 Å². The van der Waals surface area contributed by atoms with Crippen LogP contribution in [0.5, 0.6) is 17.4 Å². The van der Waals surface area contributed by atoms with Crippen molar-refractivity contribution < 1.29 is 27.4 Å². The van der Waals surface area contributed by atoms with Crippen LogP contribution in [-0.2, 0) is 13.0 Å². The summed E-state index contributed by atoms with van der Waals surface area (Å²) in [5.74, 6) is -0.106. The molecule has 2 aliphatic rings. The lowest BCUT2D eigenvalue weighted by molar-refractivity contribution is 0.103. The maximum atomic E-state index is 15.0. The van der Waals surface area contributed by atoms with E-state index in [-0.39, 0.29) is 30.4 Å². The second-order valence-electron chi connectivity index (χ2n) is 8.71. The van der Waals surface area contributed by atoms with E-state index in [2.05, 4.69) is 15.3 Å². The van der Waals surface area contributed by atoms with E-state index in [0.717, 1.165) is 5.69 Å². The highest BCUT2D eigenvalue weighted by atomic mass is 19.1. The summed E-state index contributed by atoms with van der Waals surface area (Å²) in [5.41, 5.74) is 1.15. The van der Waals surface area contributed by atoms with Gasteiger partial charge in [-0.1, -0.05) is 12.1 Å². The Balaban J connectivity index is 1.19. The van der Waals surface area contributed by atoms with Crippen molar-refractivity contribution >= 4 is 10.9 Å². The number of hydrogen-bond acceptors (Lipinski definition) is 7. The third kappa shape index (κ3) is 4.99. The van der Waals surface area contributed by atoms with E-state index in [1.165, 1.54) is 19.2 Å². The average molecular weight is 489 g/mol. The molecule has 1 N–H and O–H groups in total. The van der Waals surface area contributed by atoms with Crippen LogP contribution in [0.1, 0.15) is 17.7 Å². The first kappa shape index (κ1) is 23.6. The second kappa shape index (κ2) is 10.2. The quantitative estimate of drug-likeness (QED) is 0.547. The van der Waals surface area contributed by atoms with E-state index in [1.54, 1.807) is 12.3 Å². The van der Waals surface area contributed by atoms with Gasteiger partial charge in [-0.15, -0.1) is 0 Å². The lowest BCUT2D eigenvalue weighted by Crippen LogP contribution is -2.51. The van der Waals surface area contributed by atoms with Crippen LogP contribution in [0.4, 0.5) is 13.2 Å². The van der Waals surface area contributed by atoms with Gasteiger partial charge in [-0.05, 0) is 25.5 Å². The zero-order valence-electron chi connectivity index (χ0n) is 19.4. The summed E-state index contributed by atoms with van der Waals surface area (Å²) in [6.45, 7) is 2.73. The molecular weight excluding hydrogens is 461 g/mol. The van der Waals surface area contributed by atoms with E-state index in [0.29, 0.717) is 61.7 Å². The number of nitrogens with zero attached hydrogens (tertiary/aromatic N) is 3. The number of rotatable bonds is 7. The number of ether oxygens (including phenoxy) is 3. The Bertz CT molecular complexity index is 1210. The number of pyridine rings is 2. The normalized spacial score (nSPS) is 20.2. The second-order valence-corrected chi connectivity index (χ2v) is 8.71. The Morgan fingerprint density at radius 2 is 2.03 bits per heavy atom. The molecule has 0 aliphatic carbocycles. The van der Waals surface area contributed by atoms with Crippen molar-refractivity contribution in [3.8, 4) is 17.4 Å². The molecule has 5 rings (SSSR count). The van der Waals surface area contributed by atoms with Crippen LogP contribution in [0.3, 0.4) is 0 Å². The molecule has 1 aromatic carbocycles. The smallest absolute Gasteiger partial charge is 0.251 e. The Hall–Kier alpha value is -3.11. The fourth-order valence-corrected chi connectivity index (χ4v) is 4.64. The number of hydrogen-bond donors (Lipinski definition) is 1. The number of nitrogens with one attached hydrogen (secondary N) is 1. The molecular formula is C25H27F3N4O3. The van der Waals surface area contributed by atoms with Crippen molar-refractivity contribution in [2.75, 3.05) is 40.0 Å². The van der Waals surface area contributed by atoms with Crippen LogP contribution in [-0.4, -0.2) is 67.0 Å². The van der Waals surface area contributed by atoms with Gasteiger partial charge >= 0.3 is 0 Å². The van der Waals surface area contributed by atoms with Gasteiger partial charge in [-0.2, -0.15) is 0 Å². The SMILES string of the molecule is COc1nc2c(F)cccc2c(CCN2CC[C@H](NCc3cc4c(cn3)OCCO4)[C@H](F)C2)c1F. The molecule has 2 aromatic heterocycles. The van der Waals surface area contributed by atoms with Gasteiger partial charge < -0.3 is 19.5 Å². The number of para-hydroxylation sites is 1. The fraction of sp³-hybridized carbons (Fsp3) is 0.440. The van der Waals surface area contributed by atoms with Gasteiger partial charge in [0.25, 0.3) is 5.88 Å². The summed E-state index contributed by atoms with van der Waals surface area (Å²) in [4.78, 5) is 10.3. The minimum Gasteiger partial charge on any atom is -0.486 e. The summed E-state index contributed by atoms with van der Waals surface area (Å²) < 4.78 is 60.3. The van der Waals surface area contributed by atoms with E-state index in [4.69, 9.17) is 14.2 Å². The molecule has 0 spiro atoms. The van der Waals surface area contributed by atoms with Crippen LogP contribution >= 0.6 is 0 Å². The van der Waals surface area contributed by atoms with Crippen molar-refractivity contribution in [2.24, 2.45) is 0 Å². The third-order valence-corrected chi connectivity index (χ3v) is 6.51. The molecule has 4 heterocycles. The van der Waals surface area contributed by atoms with Crippen LogP contribution < -0.4 is 19.5 Å². The Morgan fingerprint density at radius 1 is 1.20 bits per heavy atom. The van der Waals surface area contributed by atoms with Gasteiger partial charge in [0.05, 0.1) is 19.0 Å². The van der Waals surface area contributed by atoms with Crippen molar-refractivity contribution in [1.29, 1.82) is 0 Å². The minimum absolute atomic E-state index is 0.0692. The number of piperidine rings is 1. The van der Waals surface area contributed by atoms with Gasteiger partial charge in [0.15, 0.2) is 17.3 Å². The maximum absolute atomic E-state index is 15.0. The number of alkyl halides is 1. The number of aromatic nitrogens is 2. The van der Waals surface area contributed by atoms with Crippen molar-refractivity contribution in [3.63, 3.8) is 0 Å². The van der Waals surface area contributed by atoms with E-state index in [1.807, 2.05) is 11.0 Å². The van der Waals surface area contributed by atoms with Crippen molar-refractivity contribution in [2.45, 2.75) is 31.6 Å². The minimum atomic E-state index is -1.09. The zero-order chi connectivity index (χ0) is 24.4. The largest absolute Gasteiger partial charge is 0.486 e. The number of fused-ring (bicyclic) bond motifs is 2. The summed E-state index contributed by atoms with van der Waals surface area (Å²) >= 11 is 0. The zero-order valence-corrected chi connectivity index (χ0v) is 19.4. The first-order valence-electron chi connectivity index (χ1n) is 11.7. The third-order valence-electron chi connectivity index (χ3n) is 6.51. The van der Waals surface area contributed by atoms with Crippen LogP contribution in [0.15, 0.2) is 30.5 Å². The van der Waals surface area contributed by atoms with Gasteiger partial charge in [-0.25, -0.2) is 18.2 Å². The summed E-state index contributed by atoms with van der Waals surface area (Å²) in [5, 5.41) is 3.66. The van der Waals surface area contributed by atoms with Crippen molar-refractivity contribution in [3.05, 3.63) is 53.4 Å². The molecule has 7 nitrogen and oxygen atoms in total. The van der Waals surface area contributed by atoms with Gasteiger partial charge in [0.2, 0.25) is 0 Å². The molecule has 1 saturated heterocycles. The van der Waals surface area contributed by atoms with Crippen LogP contribution in [0.25, 0.3) is 10.9 Å². The molecule has 10 heteroatoms. The lowest BCUT2D eigenvalue weighted by Gasteiger charge is -2.35. The van der Waals surface area contributed by atoms with Crippen molar-refractivity contribution in [1.82, 2.24) is 20.2 Å². The molecule has 186 valence electrons. The Kier molecular flexibility index (Phi) is 6.92. The number of benzene rings is 1. The maximum Gasteiger partial charge on any atom is 0.251 e. The van der Waals surface area contributed by atoms with E-state index < -0.39 is 17.8 Å². The predicted molar refractivity (Wildman–Crippen MR) is 124 cm³/mol. The first-order valence-corrected chi connectivity index (χ1v) is 11.7. The molecule has 3 aromatic rings. The number of methoxy groups -OCH3 is 1. The summed E-state index contributed by atoms with van der Waals surface area (Å²) in [7, 11) is 1.30. The molecule has 0 radical (unpaired) electrons. The van der Waals surface area contributed by atoms with Gasteiger partial charge in [0.1, 0.15) is 30.7 Å². The van der Waals surface area contributed by atoms with Crippen LogP contribution in [0.2, 0.25) is 0 Å². The number of halogens is 3. The molecule has 0 amide bonds. The van der Waals surface area contributed by atoms with Gasteiger partial charge in [0, 0.05) is 42.7 Å². The lowest BCUT2D eigenvalue weighted by atomic mass is 10.0. The number of likely N-dealkylation sites (tertiary alicyclic amines) is 1. The van der Waals surface area contributed by atoms with E-state index in [9.17, 15) is 13.2 Å².